The van der Waals surface area contributed by atoms with Crippen molar-refractivity contribution in [1.29, 1.82) is 0 Å². The van der Waals surface area contributed by atoms with Crippen LogP contribution in [-0.4, -0.2) is 34.7 Å². The number of amides is 2. The first kappa shape index (κ1) is 16.8. The highest BCUT2D eigenvalue weighted by Gasteiger charge is 2.15. The van der Waals surface area contributed by atoms with Gasteiger partial charge in [-0.25, -0.2) is 4.79 Å². The van der Waals surface area contributed by atoms with Gasteiger partial charge in [0.05, 0.1) is 0 Å². The van der Waals surface area contributed by atoms with Crippen molar-refractivity contribution in [1.82, 2.24) is 20.4 Å². The summed E-state index contributed by atoms with van der Waals surface area (Å²) in [6, 6.07) is -0.0788. The molecule has 6 nitrogen and oxygen atoms in total. The van der Waals surface area contributed by atoms with Crippen molar-refractivity contribution in [3.8, 4) is 0 Å². The van der Waals surface area contributed by atoms with Gasteiger partial charge in [-0.1, -0.05) is 45.4 Å². The van der Waals surface area contributed by atoms with Crippen LogP contribution in [0.2, 0.25) is 0 Å². The Labute approximate surface area is 132 Å². The first-order valence-corrected chi connectivity index (χ1v) is 8.49. The molecule has 0 radical (unpaired) electrons. The Hall–Kier alpha value is -1.59. The van der Waals surface area contributed by atoms with E-state index in [1.54, 1.807) is 11.9 Å². The third kappa shape index (κ3) is 5.31. The number of nitrogens with zero attached hydrogens (tertiary/aromatic N) is 3. The molecule has 0 bridgehead atoms. The Morgan fingerprint density at radius 2 is 1.91 bits per heavy atom. The standard InChI is InChI=1S/C16H28N4O2/c1-3-14-18-19-15(22-14)12-20(2)16(21)17-11-10-13-8-6-4-5-7-9-13/h13H,3-12H2,1-2H3,(H,17,21). The van der Waals surface area contributed by atoms with Crippen LogP contribution in [0.4, 0.5) is 4.79 Å². The highest BCUT2D eigenvalue weighted by molar-refractivity contribution is 5.73. The van der Waals surface area contributed by atoms with E-state index in [1.165, 1.54) is 38.5 Å². The van der Waals surface area contributed by atoms with Crippen molar-refractivity contribution in [2.75, 3.05) is 13.6 Å². The maximum atomic E-state index is 12.1. The molecule has 1 fully saturated rings. The zero-order valence-corrected chi connectivity index (χ0v) is 13.8. The van der Waals surface area contributed by atoms with Crippen LogP contribution in [0.1, 0.15) is 63.7 Å². The number of hydrogen-bond donors (Lipinski definition) is 1. The molecule has 1 aromatic rings. The van der Waals surface area contributed by atoms with E-state index in [0.29, 0.717) is 24.7 Å². The molecule has 1 aromatic heterocycles. The minimum absolute atomic E-state index is 0.0788. The van der Waals surface area contributed by atoms with E-state index >= 15 is 0 Å². The number of urea groups is 1. The second kappa shape index (κ2) is 8.76. The molecule has 22 heavy (non-hydrogen) atoms. The lowest BCUT2D eigenvalue weighted by molar-refractivity contribution is 0.200. The predicted molar refractivity (Wildman–Crippen MR) is 84.4 cm³/mol. The molecule has 1 saturated carbocycles. The summed E-state index contributed by atoms with van der Waals surface area (Å²) in [6.45, 7) is 3.06. The van der Waals surface area contributed by atoms with E-state index in [1.807, 2.05) is 6.92 Å². The van der Waals surface area contributed by atoms with Crippen molar-refractivity contribution >= 4 is 6.03 Å². The molecule has 2 rings (SSSR count). The van der Waals surface area contributed by atoms with E-state index in [4.69, 9.17) is 4.42 Å². The molecule has 1 heterocycles. The SMILES string of the molecule is CCc1nnc(CN(C)C(=O)NCCC2CCCCCC2)o1. The second-order valence-corrected chi connectivity index (χ2v) is 6.18. The van der Waals surface area contributed by atoms with Crippen molar-refractivity contribution < 1.29 is 9.21 Å². The number of carbonyl (C=O) groups is 1. The smallest absolute Gasteiger partial charge is 0.317 e. The number of nitrogens with one attached hydrogen (secondary N) is 1. The van der Waals surface area contributed by atoms with Crippen LogP contribution >= 0.6 is 0 Å². The molecule has 0 aliphatic heterocycles. The lowest BCUT2D eigenvalue weighted by Gasteiger charge is -2.18. The Morgan fingerprint density at radius 3 is 2.55 bits per heavy atom. The molecule has 1 N–H and O–H groups in total. The molecular weight excluding hydrogens is 280 g/mol. The first-order valence-electron chi connectivity index (χ1n) is 8.49. The van der Waals surface area contributed by atoms with E-state index in [2.05, 4.69) is 15.5 Å². The number of rotatable bonds is 6. The highest BCUT2D eigenvalue weighted by Crippen LogP contribution is 2.24. The topological polar surface area (TPSA) is 71.3 Å². The molecule has 0 spiro atoms. The maximum absolute atomic E-state index is 12.1. The van der Waals surface area contributed by atoms with Gasteiger partial charge in [0.1, 0.15) is 6.54 Å². The van der Waals surface area contributed by atoms with Crippen LogP contribution in [0.15, 0.2) is 4.42 Å². The molecule has 6 heteroatoms. The van der Waals surface area contributed by atoms with E-state index in [-0.39, 0.29) is 6.03 Å². The van der Waals surface area contributed by atoms with Gasteiger partial charge in [0, 0.05) is 20.0 Å². The predicted octanol–water partition coefficient (Wildman–Crippen LogP) is 3.13. The summed E-state index contributed by atoms with van der Waals surface area (Å²) in [4.78, 5) is 13.6. The first-order chi connectivity index (χ1) is 10.7. The fourth-order valence-corrected chi connectivity index (χ4v) is 2.94. The van der Waals surface area contributed by atoms with Gasteiger partial charge in [0.25, 0.3) is 0 Å². The average Bonchev–Trinajstić information content (AvgIpc) is 2.81. The van der Waals surface area contributed by atoms with Crippen LogP contribution in [-0.2, 0) is 13.0 Å². The van der Waals surface area contributed by atoms with E-state index in [9.17, 15) is 4.79 Å². The van der Waals surface area contributed by atoms with Crippen molar-refractivity contribution in [2.24, 2.45) is 5.92 Å². The fourth-order valence-electron chi connectivity index (χ4n) is 2.94. The normalized spacial score (nSPS) is 16.3. The molecule has 0 saturated heterocycles. The second-order valence-electron chi connectivity index (χ2n) is 6.18. The van der Waals surface area contributed by atoms with Crippen LogP contribution < -0.4 is 5.32 Å². The lowest BCUT2D eigenvalue weighted by atomic mass is 9.97. The number of aryl methyl sites for hydroxylation is 1. The maximum Gasteiger partial charge on any atom is 0.317 e. The number of hydrogen-bond acceptors (Lipinski definition) is 4. The molecule has 124 valence electrons. The minimum atomic E-state index is -0.0788. The Balaban J connectivity index is 1.67. The summed E-state index contributed by atoms with van der Waals surface area (Å²) in [5.74, 6) is 1.87. The Morgan fingerprint density at radius 1 is 1.23 bits per heavy atom. The zero-order chi connectivity index (χ0) is 15.8. The molecule has 1 aliphatic carbocycles. The summed E-state index contributed by atoms with van der Waals surface area (Å²) < 4.78 is 5.42. The molecular formula is C16H28N4O2. The fraction of sp³-hybridized carbons (Fsp3) is 0.812. The molecule has 1 aliphatic rings. The van der Waals surface area contributed by atoms with Gasteiger partial charge < -0.3 is 14.6 Å². The zero-order valence-electron chi connectivity index (χ0n) is 13.8. The monoisotopic (exact) mass is 308 g/mol. The third-order valence-electron chi connectivity index (χ3n) is 4.33. The molecule has 2 amide bonds. The lowest BCUT2D eigenvalue weighted by Crippen LogP contribution is -2.37. The van der Waals surface area contributed by atoms with Crippen molar-refractivity contribution in [2.45, 2.75) is 64.8 Å². The largest absolute Gasteiger partial charge is 0.423 e. The van der Waals surface area contributed by atoms with Gasteiger partial charge >= 0.3 is 6.03 Å². The number of aromatic nitrogens is 2. The van der Waals surface area contributed by atoms with Crippen LogP contribution in [0.5, 0.6) is 0 Å². The van der Waals surface area contributed by atoms with Gasteiger partial charge in [-0.15, -0.1) is 10.2 Å². The Bertz CT molecular complexity index is 453. The van der Waals surface area contributed by atoms with E-state index < -0.39 is 0 Å². The molecule has 0 aromatic carbocycles. The van der Waals surface area contributed by atoms with Crippen molar-refractivity contribution in [3.05, 3.63) is 11.8 Å². The van der Waals surface area contributed by atoms with Crippen LogP contribution in [0.25, 0.3) is 0 Å². The van der Waals surface area contributed by atoms with Crippen LogP contribution in [0, 0.1) is 5.92 Å². The average molecular weight is 308 g/mol. The summed E-state index contributed by atoms with van der Waals surface area (Å²) in [7, 11) is 1.75. The number of carbonyl (C=O) groups excluding carboxylic acids is 1. The van der Waals surface area contributed by atoms with E-state index in [0.717, 1.165) is 18.9 Å². The molecule has 0 unspecified atom stereocenters. The summed E-state index contributed by atoms with van der Waals surface area (Å²) in [5.41, 5.74) is 0. The minimum Gasteiger partial charge on any atom is -0.423 e. The van der Waals surface area contributed by atoms with Gasteiger partial charge in [-0.2, -0.15) is 0 Å². The molecule has 0 atom stereocenters. The Kier molecular flexibility index (Phi) is 6.68. The van der Waals surface area contributed by atoms with Crippen molar-refractivity contribution in [3.63, 3.8) is 0 Å². The van der Waals surface area contributed by atoms with Gasteiger partial charge in [0.2, 0.25) is 11.8 Å². The van der Waals surface area contributed by atoms with Gasteiger partial charge in [-0.05, 0) is 12.3 Å². The van der Waals surface area contributed by atoms with Gasteiger partial charge in [-0.3, -0.25) is 0 Å². The van der Waals surface area contributed by atoms with Crippen LogP contribution in [0.3, 0.4) is 0 Å². The third-order valence-corrected chi connectivity index (χ3v) is 4.33. The quantitative estimate of drug-likeness (QED) is 0.820. The highest BCUT2D eigenvalue weighted by atomic mass is 16.4. The summed E-state index contributed by atoms with van der Waals surface area (Å²) in [6.07, 6.45) is 9.85. The summed E-state index contributed by atoms with van der Waals surface area (Å²) in [5, 5.41) is 10.8. The van der Waals surface area contributed by atoms with Gasteiger partial charge in [0.15, 0.2) is 0 Å². The summed E-state index contributed by atoms with van der Waals surface area (Å²) >= 11 is 0.